The van der Waals surface area contributed by atoms with E-state index in [2.05, 4.69) is 17.4 Å². The van der Waals surface area contributed by atoms with Crippen LogP contribution in [-0.4, -0.2) is 24.9 Å². The van der Waals surface area contributed by atoms with Crippen molar-refractivity contribution in [1.29, 1.82) is 0 Å². The van der Waals surface area contributed by atoms with Gasteiger partial charge in [0, 0.05) is 25.2 Å². The number of hydrogen-bond donors (Lipinski definition) is 1. The second-order valence-corrected chi connectivity index (χ2v) is 7.40. The topological polar surface area (TPSA) is 49.4 Å². The number of amides is 2. The molecule has 144 valence electrons. The van der Waals surface area contributed by atoms with Crippen molar-refractivity contribution in [3.05, 3.63) is 88.6 Å². The number of anilines is 1. The maximum atomic E-state index is 12.9. The quantitative estimate of drug-likeness (QED) is 0.544. The van der Waals surface area contributed by atoms with Gasteiger partial charge in [0.15, 0.2) is 0 Å². The molecule has 1 N–H and O–H groups in total. The van der Waals surface area contributed by atoms with Gasteiger partial charge in [-0.25, -0.2) is 0 Å². The van der Waals surface area contributed by atoms with Gasteiger partial charge in [0.2, 0.25) is 5.91 Å². The molecule has 2 amide bonds. The normalized spacial score (nSPS) is 10.4. The molecule has 0 aliphatic heterocycles. The van der Waals surface area contributed by atoms with E-state index in [0.29, 0.717) is 30.8 Å². The van der Waals surface area contributed by atoms with Gasteiger partial charge in [-0.1, -0.05) is 54.6 Å². The number of para-hydroxylation sites is 1. The van der Waals surface area contributed by atoms with E-state index >= 15 is 0 Å². The molecule has 1 aromatic heterocycles. The first-order valence-electron chi connectivity index (χ1n) is 9.45. The van der Waals surface area contributed by atoms with Crippen LogP contribution < -0.4 is 10.2 Å². The molecule has 0 radical (unpaired) electrons. The van der Waals surface area contributed by atoms with Gasteiger partial charge in [0.1, 0.15) is 0 Å². The van der Waals surface area contributed by atoms with E-state index in [1.807, 2.05) is 64.9 Å². The molecule has 0 fully saturated rings. The third kappa shape index (κ3) is 5.79. The molecule has 0 bridgehead atoms. The fourth-order valence-corrected chi connectivity index (χ4v) is 3.60. The van der Waals surface area contributed by atoms with Gasteiger partial charge in [0.05, 0.1) is 4.88 Å². The number of carbonyl (C=O) groups excluding carboxylic acids is 2. The van der Waals surface area contributed by atoms with Crippen LogP contribution in [0.25, 0.3) is 0 Å². The lowest BCUT2D eigenvalue weighted by atomic mass is 10.1. The van der Waals surface area contributed by atoms with E-state index in [9.17, 15) is 9.59 Å². The van der Waals surface area contributed by atoms with Crippen LogP contribution in [0.4, 0.5) is 5.69 Å². The third-order valence-corrected chi connectivity index (χ3v) is 5.30. The minimum atomic E-state index is -0.0774. The summed E-state index contributed by atoms with van der Waals surface area (Å²) in [7, 11) is 0. The van der Waals surface area contributed by atoms with Crippen LogP contribution >= 0.6 is 11.3 Å². The number of carbonyl (C=O) groups is 2. The SMILES string of the molecule is O=C(NCCCC(=O)N(CCc1ccccc1)c1ccccc1)c1cccs1. The molecule has 0 spiro atoms. The monoisotopic (exact) mass is 392 g/mol. The summed E-state index contributed by atoms with van der Waals surface area (Å²) in [6.07, 6.45) is 1.82. The van der Waals surface area contributed by atoms with Crippen molar-refractivity contribution in [2.45, 2.75) is 19.3 Å². The average molecular weight is 393 g/mol. The predicted octanol–water partition coefficient (Wildman–Crippen LogP) is 4.53. The van der Waals surface area contributed by atoms with Gasteiger partial charge in [-0.3, -0.25) is 9.59 Å². The summed E-state index contributed by atoms with van der Waals surface area (Å²) in [5, 5.41) is 4.76. The molecule has 3 rings (SSSR count). The van der Waals surface area contributed by atoms with Crippen LogP contribution in [0.2, 0.25) is 0 Å². The number of hydrogen-bond acceptors (Lipinski definition) is 3. The zero-order chi connectivity index (χ0) is 19.6. The zero-order valence-electron chi connectivity index (χ0n) is 15.7. The second-order valence-electron chi connectivity index (χ2n) is 6.45. The Morgan fingerprint density at radius 1 is 0.893 bits per heavy atom. The smallest absolute Gasteiger partial charge is 0.261 e. The standard InChI is InChI=1S/C23H24N2O2S/c26-22(14-7-16-24-23(27)21-13-8-18-28-21)25(20-11-5-2-6-12-20)17-15-19-9-3-1-4-10-19/h1-6,8-13,18H,7,14-17H2,(H,24,27). The molecule has 3 aromatic rings. The molecule has 2 aromatic carbocycles. The molecule has 28 heavy (non-hydrogen) atoms. The van der Waals surface area contributed by atoms with Gasteiger partial charge in [-0.15, -0.1) is 11.3 Å². The molecule has 0 atom stereocenters. The van der Waals surface area contributed by atoms with Gasteiger partial charge in [-0.2, -0.15) is 0 Å². The van der Waals surface area contributed by atoms with Crippen molar-refractivity contribution in [2.75, 3.05) is 18.0 Å². The summed E-state index contributed by atoms with van der Waals surface area (Å²) in [4.78, 5) is 27.4. The molecular weight excluding hydrogens is 368 g/mol. The lowest BCUT2D eigenvalue weighted by molar-refractivity contribution is -0.118. The first-order valence-corrected chi connectivity index (χ1v) is 10.3. The molecule has 0 saturated carbocycles. The van der Waals surface area contributed by atoms with E-state index < -0.39 is 0 Å². The Morgan fingerprint density at radius 2 is 1.61 bits per heavy atom. The second kappa shape index (κ2) is 10.4. The highest BCUT2D eigenvalue weighted by Crippen LogP contribution is 2.16. The van der Waals surface area contributed by atoms with Crippen LogP contribution in [-0.2, 0) is 11.2 Å². The average Bonchev–Trinajstić information content (AvgIpc) is 3.28. The highest BCUT2D eigenvalue weighted by Gasteiger charge is 2.15. The summed E-state index contributed by atoms with van der Waals surface area (Å²) in [5.74, 6) is -0.000976. The van der Waals surface area contributed by atoms with Gasteiger partial charge in [0.25, 0.3) is 5.91 Å². The van der Waals surface area contributed by atoms with E-state index in [0.717, 1.165) is 12.1 Å². The lowest BCUT2D eigenvalue weighted by Gasteiger charge is -2.23. The lowest BCUT2D eigenvalue weighted by Crippen LogP contribution is -2.33. The van der Waals surface area contributed by atoms with Crippen molar-refractivity contribution in [3.8, 4) is 0 Å². The third-order valence-electron chi connectivity index (χ3n) is 4.43. The largest absolute Gasteiger partial charge is 0.351 e. The maximum absolute atomic E-state index is 12.9. The fourth-order valence-electron chi connectivity index (χ4n) is 2.96. The van der Waals surface area contributed by atoms with E-state index in [1.54, 1.807) is 6.07 Å². The Kier molecular flexibility index (Phi) is 7.38. The number of rotatable bonds is 9. The van der Waals surface area contributed by atoms with Crippen molar-refractivity contribution < 1.29 is 9.59 Å². The van der Waals surface area contributed by atoms with E-state index in [4.69, 9.17) is 0 Å². The summed E-state index contributed by atoms with van der Waals surface area (Å²) >= 11 is 1.41. The van der Waals surface area contributed by atoms with E-state index in [-0.39, 0.29) is 11.8 Å². The first-order chi connectivity index (χ1) is 13.7. The number of benzene rings is 2. The predicted molar refractivity (Wildman–Crippen MR) is 115 cm³/mol. The number of nitrogens with zero attached hydrogens (tertiary/aromatic N) is 1. The fraction of sp³-hybridized carbons (Fsp3) is 0.217. The van der Waals surface area contributed by atoms with Crippen LogP contribution in [0, 0.1) is 0 Å². The highest BCUT2D eigenvalue weighted by molar-refractivity contribution is 7.12. The first kappa shape index (κ1) is 19.8. The van der Waals surface area contributed by atoms with E-state index in [1.165, 1.54) is 16.9 Å². The maximum Gasteiger partial charge on any atom is 0.261 e. The van der Waals surface area contributed by atoms with Crippen molar-refractivity contribution in [2.24, 2.45) is 0 Å². The molecule has 1 heterocycles. The molecular formula is C23H24N2O2S. The zero-order valence-corrected chi connectivity index (χ0v) is 16.5. The van der Waals surface area contributed by atoms with Gasteiger partial charge >= 0.3 is 0 Å². The Labute approximate surface area is 169 Å². The number of thiophene rings is 1. The molecule has 0 aliphatic carbocycles. The summed E-state index contributed by atoms with van der Waals surface area (Å²) in [6.45, 7) is 1.12. The molecule has 0 unspecified atom stereocenters. The van der Waals surface area contributed by atoms with Crippen molar-refractivity contribution >= 4 is 28.8 Å². The minimum absolute atomic E-state index is 0.0764. The molecule has 0 aliphatic rings. The summed E-state index contributed by atoms with van der Waals surface area (Å²) < 4.78 is 0. The van der Waals surface area contributed by atoms with Crippen LogP contribution in [0.1, 0.15) is 28.1 Å². The summed E-state index contributed by atoms with van der Waals surface area (Å²) in [5.41, 5.74) is 2.12. The van der Waals surface area contributed by atoms with Crippen molar-refractivity contribution in [3.63, 3.8) is 0 Å². The van der Waals surface area contributed by atoms with Crippen LogP contribution in [0.3, 0.4) is 0 Å². The Balaban J connectivity index is 1.53. The Hall–Kier alpha value is -2.92. The Bertz CT molecular complexity index is 864. The molecule has 4 nitrogen and oxygen atoms in total. The van der Waals surface area contributed by atoms with Gasteiger partial charge in [-0.05, 0) is 42.0 Å². The summed E-state index contributed by atoms with van der Waals surface area (Å²) in [6, 6.07) is 23.6. The van der Waals surface area contributed by atoms with Gasteiger partial charge < -0.3 is 10.2 Å². The minimum Gasteiger partial charge on any atom is -0.351 e. The Morgan fingerprint density at radius 3 is 2.29 bits per heavy atom. The number of nitrogens with one attached hydrogen (secondary N) is 1. The van der Waals surface area contributed by atoms with Crippen LogP contribution in [0.5, 0.6) is 0 Å². The molecule has 5 heteroatoms. The molecule has 0 saturated heterocycles. The van der Waals surface area contributed by atoms with Crippen molar-refractivity contribution in [1.82, 2.24) is 5.32 Å². The van der Waals surface area contributed by atoms with Crippen LogP contribution in [0.15, 0.2) is 78.2 Å². The highest BCUT2D eigenvalue weighted by atomic mass is 32.1.